The Morgan fingerprint density at radius 3 is 2.82 bits per heavy atom. The van der Waals surface area contributed by atoms with Gasteiger partial charge in [-0.1, -0.05) is 0 Å². The number of nitrogen functional groups attached to an aromatic ring is 1. The predicted molar refractivity (Wildman–Crippen MR) is 98.5 cm³/mol. The predicted octanol–water partition coefficient (Wildman–Crippen LogP) is 3.10. The van der Waals surface area contributed by atoms with E-state index in [1.165, 1.54) is 31.4 Å². The largest absolute Gasteiger partial charge is 0.496 e. The fraction of sp³-hybridized carbons (Fsp3) is 0.0556. The Hall–Kier alpha value is -4.57. The number of ether oxygens (including phenoxy) is 1. The van der Waals surface area contributed by atoms with Gasteiger partial charge in [-0.15, -0.1) is 0 Å². The van der Waals surface area contributed by atoms with Gasteiger partial charge in [0.1, 0.15) is 35.0 Å². The van der Waals surface area contributed by atoms with Crippen molar-refractivity contribution in [3.8, 4) is 29.2 Å². The third-order valence-electron chi connectivity index (χ3n) is 3.87. The van der Waals surface area contributed by atoms with Crippen LogP contribution in [-0.4, -0.2) is 22.2 Å². The van der Waals surface area contributed by atoms with E-state index in [-0.39, 0.29) is 34.1 Å². The average molecular weight is 376 g/mol. The molecule has 0 bridgehead atoms. The molecule has 0 atom stereocenters. The summed E-state index contributed by atoms with van der Waals surface area (Å²) in [6, 6.07) is 11.2. The number of aromatic nitrogens is 2. The Labute approximate surface area is 158 Å². The molecule has 0 saturated carbocycles. The van der Waals surface area contributed by atoms with E-state index in [2.05, 4.69) is 10.2 Å². The summed E-state index contributed by atoms with van der Waals surface area (Å²) in [5.74, 6) is 0.978. The van der Waals surface area contributed by atoms with Crippen LogP contribution >= 0.6 is 0 Å². The molecule has 0 spiro atoms. The maximum absolute atomic E-state index is 10.9. The van der Waals surface area contributed by atoms with E-state index >= 15 is 0 Å². The first kappa shape index (κ1) is 18.2. The van der Waals surface area contributed by atoms with Crippen molar-refractivity contribution in [3.05, 3.63) is 57.5 Å². The van der Waals surface area contributed by atoms with Crippen molar-refractivity contribution in [2.45, 2.75) is 0 Å². The van der Waals surface area contributed by atoms with Crippen LogP contribution in [0.3, 0.4) is 0 Å². The fourth-order valence-electron chi connectivity index (χ4n) is 2.54. The maximum Gasteiger partial charge on any atom is 0.273 e. The minimum Gasteiger partial charge on any atom is -0.496 e. The van der Waals surface area contributed by atoms with E-state index in [0.29, 0.717) is 17.1 Å². The molecule has 10 heteroatoms. The molecule has 10 nitrogen and oxygen atoms in total. The number of hydrogen-bond acceptors (Lipinski definition) is 8. The first-order valence-electron chi connectivity index (χ1n) is 7.77. The summed E-state index contributed by atoms with van der Waals surface area (Å²) in [4.78, 5) is 10.4. The second kappa shape index (κ2) is 7.35. The summed E-state index contributed by atoms with van der Waals surface area (Å²) in [7, 11) is 1.39. The van der Waals surface area contributed by atoms with Crippen LogP contribution in [0.25, 0.3) is 23.0 Å². The number of furan rings is 1. The number of H-pyrrole nitrogens is 1. The molecule has 0 aliphatic carbocycles. The van der Waals surface area contributed by atoms with Gasteiger partial charge in [-0.3, -0.25) is 15.2 Å². The Bertz CT molecular complexity index is 1180. The number of nitrogens with one attached hydrogen (secondary N) is 1. The number of hydrogen-bond donors (Lipinski definition) is 2. The lowest BCUT2D eigenvalue weighted by atomic mass is 10.1. The first-order valence-corrected chi connectivity index (χ1v) is 7.77. The van der Waals surface area contributed by atoms with Gasteiger partial charge in [0.05, 0.1) is 34.9 Å². The van der Waals surface area contributed by atoms with Crippen LogP contribution < -0.4 is 10.5 Å². The van der Waals surface area contributed by atoms with Gasteiger partial charge in [-0.2, -0.15) is 15.6 Å². The zero-order chi connectivity index (χ0) is 20.3. The number of allylic oxidation sites excluding steroid dienone is 1. The number of aromatic amines is 1. The Morgan fingerprint density at radius 2 is 2.18 bits per heavy atom. The molecular formula is C18H12N6O4. The minimum absolute atomic E-state index is 0.00519. The van der Waals surface area contributed by atoms with Gasteiger partial charge in [0.25, 0.3) is 5.69 Å². The molecule has 0 aliphatic rings. The van der Waals surface area contributed by atoms with Gasteiger partial charge in [0.2, 0.25) is 0 Å². The highest BCUT2D eigenvalue weighted by Gasteiger charge is 2.17. The van der Waals surface area contributed by atoms with Gasteiger partial charge in [-0.05, 0) is 18.2 Å². The van der Waals surface area contributed by atoms with Crippen molar-refractivity contribution >= 4 is 23.2 Å². The SMILES string of the molecule is COc1cc([N+](=O)[O-])ccc1-c1ccc(C=C(C#N)c2[nH]nc(N)c2C#N)o1. The van der Waals surface area contributed by atoms with E-state index in [1.807, 2.05) is 12.1 Å². The Balaban J connectivity index is 2.00. The number of anilines is 1. The minimum atomic E-state index is -0.523. The van der Waals surface area contributed by atoms with Gasteiger partial charge in [0.15, 0.2) is 5.82 Å². The summed E-state index contributed by atoms with van der Waals surface area (Å²) in [5, 5.41) is 35.8. The molecule has 1 aromatic carbocycles. The van der Waals surface area contributed by atoms with Crippen molar-refractivity contribution in [2.24, 2.45) is 0 Å². The van der Waals surface area contributed by atoms with Gasteiger partial charge in [0, 0.05) is 12.1 Å². The number of nitrogens with zero attached hydrogens (tertiary/aromatic N) is 4. The van der Waals surface area contributed by atoms with E-state index in [1.54, 1.807) is 12.1 Å². The summed E-state index contributed by atoms with van der Waals surface area (Å²) >= 11 is 0. The molecule has 2 aromatic heterocycles. The number of nitro benzene ring substituents is 1. The lowest BCUT2D eigenvalue weighted by molar-refractivity contribution is -0.384. The number of non-ortho nitro benzene ring substituents is 1. The third kappa shape index (κ3) is 3.25. The molecule has 0 saturated heterocycles. The fourth-order valence-corrected chi connectivity index (χ4v) is 2.54. The van der Waals surface area contributed by atoms with Crippen LogP contribution in [0.1, 0.15) is 17.0 Å². The van der Waals surface area contributed by atoms with E-state index in [0.717, 1.165) is 0 Å². The normalized spacial score (nSPS) is 10.9. The molecule has 0 fully saturated rings. The van der Waals surface area contributed by atoms with Crippen LogP contribution in [-0.2, 0) is 0 Å². The molecule has 0 unspecified atom stereocenters. The topological polar surface area (TPSA) is 168 Å². The third-order valence-corrected chi connectivity index (χ3v) is 3.87. The van der Waals surface area contributed by atoms with E-state index in [4.69, 9.17) is 20.1 Å². The summed E-state index contributed by atoms with van der Waals surface area (Å²) in [5.41, 5.74) is 6.36. The molecule has 0 aliphatic heterocycles. The van der Waals surface area contributed by atoms with Gasteiger partial charge in [-0.25, -0.2) is 0 Å². The van der Waals surface area contributed by atoms with Gasteiger partial charge < -0.3 is 14.9 Å². The maximum atomic E-state index is 10.9. The highest BCUT2D eigenvalue weighted by atomic mass is 16.6. The molecular weight excluding hydrogens is 364 g/mol. The molecule has 28 heavy (non-hydrogen) atoms. The van der Waals surface area contributed by atoms with Crippen LogP contribution in [0, 0.1) is 32.8 Å². The highest BCUT2D eigenvalue weighted by Crippen LogP contribution is 2.35. The van der Waals surface area contributed by atoms with E-state index in [9.17, 15) is 15.4 Å². The summed E-state index contributed by atoms with van der Waals surface area (Å²) in [6.07, 6.45) is 1.43. The lowest BCUT2D eigenvalue weighted by Gasteiger charge is -2.05. The first-order chi connectivity index (χ1) is 13.5. The van der Waals surface area contributed by atoms with E-state index < -0.39 is 4.92 Å². The van der Waals surface area contributed by atoms with Crippen molar-refractivity contribution in [1.29, 1.82) is 10.5 Å². The summed E-state index contributed by atoms with van der Waals surface area (Å²) < 4.78 is 10.9. The second-order valence-electron chi connectivity index (χ2n) is 5.48. The van der Waals surface area contributed by atoms with Crippen molar-refractivity contribution < 1.29 is 14.1 Å². The van der Waals surface area contributed by atoms with Crippen molar-refractivity contribution in [1.82, 2.24) is 10.2 Å². The zero-order valence-corrected chi connectivity index (χ0v) is 14.5. The highest BCUT2D eigenvalue weighted by molar-refractivity contribution is 5.90. The number of nitro groups is 1. The Kier molecular flexibility index (Phi) is 4.79. The van der Waals surface area contributed by atoms with Gasteiger partial charge >= 0.3 is 0 Å². The number of rotatable bonds is 5. The molecule has 3 aromatic rings. The number of benzene rings is 1. The lowest BCUT2D eigenvalue weighted by Crippen LogP contribution is -1.92. The average Bonchev–Trinajstić information content (AvgIpc) is 3.31. The van der Waals surface area contributed by atoms with Crippen molar-refractivity contribution in [3.63, 3.8) is 0 Å². The standard InChI is InChI=1S/C18H12N6O4/c1-27-16-7-11(24(25)26)2-4-13(16)15-5-3-12(28-15)6-10(8-19)17-14(9-20)18(21)23-22-17/h2-7H,1H3,(H3,21,22,23). The molecule has 0 amide bonds. The van der Waals surface area contributed by atoms with Crippen LogP contribution in [0.15, 0.2) is 34.7 Å². The molecule has 2 heterocycles. The molecule has 3 rings (SSSR count). The molecule has 3 N–H and O–H groups in total. The Morgan fingerprint density at radius 1 is 1.39 bits per heavy atom. The molecule has 0 radical (unpaired) electrons. The number of nitriles is 2. The molecule has 138 valence electrons. The van der Waals surface area contributed by atoms with Crippen LogP contribution in [0.5, 0.6) is 5.75 Å². The summed E-state index contributed by atoms with van der Waals surface area (Å²) in [6.45, 7) is 0. The van der Waals surface area contributed by atoms with Crippen LogP contribution in [0.2, 0.25) is 0 Å². The van der Waals surface area contributed by atoms with Crippen LogP contribution in [0.4, 0.5) is 11.5 Å². The smallest absolute Gasteiger partial charge is 0.273 e. The monoisotopic (exact) mass is 376 g/mol. The number of methoxy groups -OCH3 is 1. The second-order valence-corrected chi connectivity index (χ2v) is 5.48. The van der Waals surface area contributed by atoms with Crippen molar-refractivity contribution in [2.75, 3.05) is 12.8 Å². The quantitative estimate of drug-likeness (QED) is 0.389. The zero-order valence-electron chi connectivity index (χ0n) is 14.5. The number of nitrogens with two attached hydrogens (primary N) is 1.